The van der Waals surface area contributed by atoms with Crippen LogP contribution in [0.25, 0.3) is 6.08 Å². The van der Waals surface area contributed by atoms with Crippen LogP contribution in [0.5, 0.6) is 0 Å². The summed E-state index contributed by atoms with van der Waals surface area (Å²) in [6.07, 6.45) is 1.14. The molecule has 1 aliphatic rings. The normalized spacial score (nSPS) is 17.8. The lowest BCUT2D eigenvalue weighted by Crippen LogP contribution is -2.46. The fraction of sp³-hybridized carbons (Fsp3) is 0.143. The van der Waals surface area contributed by atoms with Gasteiger partial charge in [0.15, 0.2) is 0 Å². The van der Waals surface area contributed by atoms with E-state index in [9.17, 15) is 19.5 Å². The number of nitrogens with zero attached hydrogens (tertiary/aromatic N) is 1. The van der Waals surface area contributed by atoms with Crippen LogP contribution in [0.4, 0.5) is 0 Å². The van der Waals surface area contributed by atoms with E-state index in [1.807, 2.05) is 30.3 Å². The number of carbonyl (C=O) groups excluding carboxylic acids is 2. The maximum atomic E-state index is 12.4. The topological polar surface area (TPSA) is 101 Å². The number of nitrogens with two attached hydrogens (primary N) is 1. The summed E-state index contributed by atoms with van der Waals surface area (Å²) in [5, 5.41) is 9.20. The fourth-order valence-corrected chi connectivity index (χ4v) is 3.29. The molecule has 1 atom stereocenters. The second kappa shape index (κ2) is 6.71. The number of amides is 2. The van der Waals surface area contributed by atoms with Gasteiger partial charge in [0.1, 0.15) is 10.4 Å². The minimum absolute atomic E-state index is 0.0980. The zero-order valence-electron chi connectivity index (χ0n) is 11.3. The smallest absolute Gasteiger partial charge is 0.327 e. The molecular weight excluding hydrogens is 324 g/mol. The van der Waals surface area contributed by atoms with Crippen LogP contribution in [0.2, 0.25) is 0 Å². The Labute approximate surface area is 136 Å². The molecule has 1 aliphatic heterocycles. The van der Waals surface area contributed by atoms with Crippen LogP contribution in [0, 0.1) is 0 Å². The molecule has 1 aromatic carbocycles. The van der Waals surface area contributed by atoms with Gasteiger partial charge in [-0.25, -0.2) is 4.79 Å². The number of carbonyl (C=O) groups is 3. The van der Waals surface area contributed by atoms with Crippen LogP contribution in [0.3, 0.4) is 0 Å². The molecule has 0 saturated carbocycles. The summed E-state index contributed by atoms with van der Waals surface area (Å²) in [5.74, 6) is -2.67. The van der Waals surface area contributed by atoms with Crippen LogP contribution in [0.15, 0.2) is 35.2 Å². The van der Waals surface area contributed by atoms with Crippen molar-refractivity contribution in [2.75, 3.05) is 0 Å². The van der Waals surface area contributed by atoms with Gasteiger partial charge in [-0.15, -0.1) is 0 Å². The molecule has 22 heavy (non-hydrogen) atoms. The molecule has 1 heterocycles. The average molecular weight is 336 g/mol. The molecule has 0 bridgehead atoms. The van der Waals surface area contributed by atoms with Crippen LogP contribution < -0.4 is 5.73 Å². The van der Waals surface area contributed by atoms with E-state index < -0.39 is 30.2 Å². The summed E-state index contributed by atoms with van der Waals surface area (Å²) >= 11 is 6.07. The predicted molar refractivity (Wildman–Crippen MR) is 86.7 cm³/mol. The SMILES string of the molecule is NC(=O)C[C@H](C(=O)O)N1C(=O)/C(=C/c2ccccc2)SC1=S. The Morgan fingerprint density at radius 2 is 2.00 bits per heavy atom. The molecular formula is C14H12N2O4S2. The summed E-state index contributed by atoms with van der Waals surface area (Å²) in [4.78, 5) is 35.9. The van der Waals surface area contributed by atoms with E-state index in [2.05, 4.69) is 0 Å². The van der Waals surface area contributed by atoms with Crippen molar-refractivity contribution in [1.29, 1.82) is 0 Å². The fourth-order valence-electron chi connectivity index (χ4n) is 1.93. The van der Waals surface area contributed by atoms with Gasteiger partial charge in [-0.1, -0.05) is 54.3 Å². The quantitative estimate of drug-likeness (QED) is 0.619. The largest absolute Gasteiger partial charge is 0.480 e. The van der Waals surface area contributed by atoms with Gasteiger partial charge in [-0.3, -0.25) is 14.5 Å². The number of primary amides is 1. The molecule has 0 unspecified atom stereocenters. The second-order valence-electron chi connectivity index (χ2n) is 4.49. The third kappa shape index (κ3) is 3.52. The van der Waals surface area contributed by atoms with E-state index in [-0.39, 0.29) is 4.32 Å². The number of benzene rings is 1. The van der Waals surface area contributed by atoms with Crippen molar-refractivity contribution in [2.24, 2.45) is 5.73 Å². The Balaban J connectivity index is 2.30. The van der Waals surface area contributed by atoms with Crippen molar-refractivity contribution in [3.63, 3.8) is 0 Å². The molecule has 2 rings (SSSR count). The Hall–Kier alpha value is -2.19. The average Bonchev–Trinajstić information content (AvgIpc) is 2.72. The lowest BCUT2D eigenvalue weighted by molar-refractivity contribution is -0.146. The summed E-state index contributed by atoms with van der Waals surface area (Å²) < 4.78 is 0.0980. The first kappa shape index (κ1) is 16.2. The molecule has 1 saturated heterocycles. The number of aliphatic carboxylic acids is 1. The Morgan fingerprint density at radius 3 is 2.55 bits per heavy atom. The van der Waals surface area contributed by atoms with Crippen LogP contribution >= 0.6 is 24.0 Å². The molecule has 114 valence electrons. The molecule has 0 spiro atoms. The first-order valence-electron chi connectivity index (χ1n) is 6.23. The maximum Gasteiger partial charge on any atom is 0.327 e. The Morgan fingerprint density at radius 1 is 1.36 bits per heavy atom. The highest BCUT2D eigenvalue weighted by atomic mass is 32.2. The first-order chi connectivity index (χ1) is 10.4. The molecule has 0 radical (unpaired) electrons. The van der Waals surface area contributed by atoms with Crippen LogP contribution in [0.1, 0.15) is 12.0 Å². The van der Waals surface area contributed by atoms with E-state index >= 15 is 0 Å². The van der Waals surface area contributed by atoms with Gasteiger partial charge in [-0.2, -0.15) is 0 Å². The number of rotatable bonds is 5. The second-order valence-corrected chi connectivity index (χ2v) is 6.16. The maximum absolute atomic E-state index is 12.4. The van der Waals surface area contributed by atoms with Gasteiger partial charge in [-0.05, 0) is 11.6 Å². The van der Waals surface area contributed by atoms with Crippen molar-refractivity contribution in [3.8, 4) is 0 Å². The lowest BCUT2D eigenvalue weighted by atomic mass is 10.1. The summed E-state index contributed by atoms with van der Waals surface area (Å²) in [7, 11) is 0. The van der Waals surface area contributed by atoms with Crippen LogP contribution in [-0.2, 0) is 14.4 Å². The monoisotopic (exact) mass is 336 g/mol. The molecule has 0 aliphatic carbocycles. The van der Waals surface area contributed by atoms with Crippen molar-refractivity contribution in [3.05, 3.63) is 40.8 Å². The number of carboxylic acid groups (broad SMARTS) is 1. The van der Waals surface area contributed by atoms with Gasteiger partial charge in [0.2, 0.25) is 5.91 Å². The predicted octanol–water partition coefficient (Wildman–Crippen LogP) is 1.22. The summed E-state index contributed by atoms with van der Waals surface area (Å²) in [6.45, 7) is 0. The first-order valence-corrected chi connectivity index (χ1v) is 7.46. The van der Waals surface area contributed by atoms with Gasteiger partial charge in [0.05, 0.1) is 11.3 Å². The molecule has 3 N–H and O–H groups in total. The molecule has 8 heteroatoms. The Bertz CT molecular complexity index is 673. The van der Waals surface area contributed by atoms with E-state index in [4.69, 9.17) is 18.0 Å². The van der Waals surface area contributed by atoms with Gasteiger partial charge < -0.3 is 10.8 Å². The number of carboxylic acids is 1. The molecule has 1 aromatic rings. The highest BCUT2D eigenvalue weighted by Gasteiger charge is 2.41. The van der Waals surface area contributed by atoms with Gasteiger partial charge in [0, 0.05) is 0 Å². The van der Waals surface area contributed by atoms with E-state index in [1.54, 1.807) is 6.08 Å². The van der Waals surface area contributed by atoms with E-state index in [1.165, 1.54) is 0 Å². The summed E-state index contributed by atoms with van der Waals surface area (Å²) in [5.41, 5.74) is 5.84. The van der Waals surface area contributed by atoms with Gasteiger partial charge in [0.25, 0.3) is 5.91 Å². The highest BCUT2D eigenvalue weighted by molar-refractivity contribution is 8.26. The molecule has 0 aromatic heterocycles. The highest BCUT2D eigenvalue weighted by Crippen LogP contribution is 2.34. The van der Waals surface area contributed by atoms with E-state index in [0.29, 0.717) is 4.91 Å². The molecule has 1 fully saturated rings. The number of thiocarbonyl (C=S) groups is 1. The third-order valence-electron chi connectivity index (χ3n) is 2.91. The zero-order valence-corrected chi connectivity index (χ0v) is 12.9. The molecule has 2 amide bonds. The zero-order chi connectivity index (χ0) is 16.3. The number of hydrogen-bond acceptors (Lipinski definition) is 5. The Kier molecular flexibility index (Phi) is 4.94. The summed E-state index contributed by atoms with van der Waals surface area (Å²) in [6, 6.07) is 7.72. The standard InChI is InChI=1S/C14H12N2O4S2/c15-11(17)7-9(13(19)20)16-12(18)10(22-14(16)21)6-8-4-2-1-3-5-8/h1-6,9H,7H2,(H2,15,17)(H,19,20)/b10-6-/t9-/m1/s1. The van der Waals surface area contributed by atoms with Crippen molar-refractivity contribution >= 4 is 52.2 Å². The van der Waals surface area contributed by atoms with Crippen molar-refractivity contribution in [2.45, 2.75) is 12.5 Å². The third-order valence-corrected chi connectivity index (χ3v) is 4.24. The lowest BCUT2D eigenvalue weighted by Gasteiger charge is -2.21. The number of hydrogen-bond donors (Lipinski definition) is 2. The van der Waals surface area contributed by atoms with Crippen molar-refractivity contribution < 1.29 is 19.5 Å². The number of thioether (sulfide) groups is 1. The van der Waals surface area contributed by atoms with Crippen molar-refractivity contribution in [1.82, 2.24) is 4.90 Å². The van der Waals surface area contributed by atoms with Gasteiger partial charge >= 0.3 is 5.97 Å². The molecule has 6 nitrogen and oxygen atoms in total. The minimum atomic E-state index is -1.38. The van der Waals surface area contributed by atoms with E-state index in [0.717, 1.165) is 22.2 Å². The minimum Gasteiger partial charge on any atom is -0.480 e. The van der Waals surface area contributed by atoms with Crippen LogP contribution in [-0.4, -0.2) is 38.2 Å².